The molecule has 1 saturated heterocycles. The lowest BCUT2D eigenvalue weighted by atomic mass is 10.1. The first kappa shape index (κ1) is 13.7. The lowest BCUT2D eigenvalue weighted by molar-refractivity contribution is 0.439. The highest BCUT2D eigenvalue weighted by atomic mass is 16.3. The Morgan fingerprint density at radius 3 is 2.48 bits per heavy atom. The number of phenolic OH excluding ortho intramolecular Hbond substituents is 2. The van der Waals surface area contributed by atoms with E-state index in [0.29, 0.717) is 23.4 Å². The van der Waals surface area contributed by atoms with E-state index in [0.717, 1.165) is 25.9 Å². The van der Waals surface area contributed by atoms with E-state index in [9.17, 15) is 10.2 Å². The average molecular weight is 289 g/mol. The molecule has 2 heterocycles. The number of aromatic hydroxyl groups is 2. The molecule has 0 spiro atoms. The lowest BCUT2D eigenvalue weighted by Crippen LogP contribution is -2.41. The van der Waals surface area contributed by atoms with Gasteiger partial charge in [0.2, 0.25) is 5.95 Å². The first-order chi connectivity index (χ1) is 10.2. The van der Waals surface area contributed by atoms with Gasteiger partial charge in [-0.3, -0.25) is 5.10 Å². The molecule has 0 aliphatic carbocycles. The Hall–Kier alpha value is -2.28. The second-order valence-corrected chi connectivity index (χ2v) is 5.27. The van der Waals surface area contributed by atoms with Crippen LogP contribution in [0.4, 0.5) is 5.95 Å². The zero-order valence-electron chi connectivity index (χ0n) is 11.9. The van der Waals surface area contributed by atoms with Crippen molar-refractivity contribution in [2.45, 2.75) is 18.9 Å². The third-order valence-electron chi connectivity index (χ3n) is 3.84. The summed E-state index contributed by atoms with van der Waals surface area (Å²) in [5, 5.41) is 29.4. The predicted octanol–water partition coefficient (Wildman–Crippen LogP) is 1.07. The Balaban J connectivity index is 1.77. The number of phenols is 2. The molecule has 7 heteroatoms. The Bertz CT molecular complexity index is 599. The van der Waals surface area contributed by atoms with E-state index in [4.69, 9.17) is 0 Å². The molecular weight excluding hydrogens is 270 g/mol. The molecule has 0 radical (unpaired) electrons. The number of benzene rings is 1. The van der Waals surface area contributed by atoms with Gasteiger partial charge in [-0.25, -0.2) is 0 Å². The third kappa shape index (κ3) is 2.92. The Kier molecular flexibility index (Phi) is 3.66. The molecule has 7 nitrogen and oxygen atoms in total. The number of aromatic amines is 1. The number of aromatic nitrogens is 3. The molecule has 1 aliphatic heterocycles. The second-order valence-electron chi connectivity index (χ2n) is 5.27. The molecular formula is C14H19N5O2. The van der Waals surface area contributed by atoms with Crippen LogP contribution in [0.25, 0.3) is 11.4 Å². The van der Waals surface area contributed by atoms with Gasteiger partial charge in [-0.05, 0) is 32.0 Å². The average Bonchev–Trinajstić information content (AvgIpc) is 2.96. The number of anilines is 1. The fourth-order valence-electron chi connectivity index (χ4n) is 2.62. The van der Waals surface area contributed by atoms with Gasteiger partial charge in [0.1, 0.15) is 11.5 Å². The molecule has 0 bridgehead atoms. The van der Waals surface area contributed by atoms with E-state index in [1.54, 1.807) is 0 Å². The Morgan fingerprint density at radius 1 is 1.19 bits per heavy atom. The molecule has 0 atom stereocenters. The van der Waals surface area contributed by atoms with Crippen LogP contribution in [-0.2, 0) is 0 Å². The summed E-state index contributed by atoms with van der Waals surface area (Å²) in [6, 6.07) is 4.92. The number of H-pyrrole nitrogens is 1. The summed E-state index contributed by atoms with van der Waals surface area (Å²) in [4.78, 5) is 6.59. The van der Waals surface area contributed by atoms with Gasteiger partial charge in [0.25, 0.3) is 0 Å². The number of piperidine rings is 1. The molecule has 3 rings (SSSR count). The molecule has 4 N–H and O–H groups in total. The highest BCUT2D eigenvalue weighted by Crippen LogP contribution is 2.27. The van der Waals surface area contributed by atoms with Crippen molar-refractivity contribution in [1.29, 1.82) is 0 Å². The summed E-state index contributed by atoms with van der Waals surface area (Å²) in [6.45, 7) is 1.82. The fraction of sp³-hybridized carbons (Fsp3) is 0.429. The van der Waals surface area contributed by atoms with E-state index in [1.165, 1.54) is 18.2 Å². The van der Waals surface area contributed by atoms with Gasteiger partial charge in [-0.15, -0.1) is 5.10 Å². The van der Waals surface area contributed by atoms with Gasteiger partial charge >= 0.3 is 0 Å². The van der Waals surface area contributed by atoms with Crippen LogP contribution in [0.5, 0.6) is 11.5 Å². The van der Waals surface area contributed by atoms with Crippen LogP contribution in [-0.4, -0.2) is 51.6 Å². The van der Waals surface area contributed by atoms with E-state index in [-0.39, 0.29) is 11.5 Å². The SMILES string of the molecule is CNC1CCN(c2n[nH]c(-c3cc(O)cc(O)c3)n2)CC1. The zero-order valence-corrected chi connectivity index (χ0v) is 11.9. The van der Waals surface area contributed by atoms with Gasteiger partial charge in [-0.2, -0.15) is 4.98 Å². The molecule has 1 fully saturated rings. The summed E-state index contributed by atoms with van der Waals surface area (Å²) < 4.78 is 0. The highest BCUT2D eigenvalue weighted by molar-refractivity contribution is 5.61. The molecule has 2 aromatic rings. The number of hydrogen-bond acceptors (Lipinski definition) is 6. The van der Waals surface area contributed by atoms with Crippen molar-refractivity contribution in [1.82, 2.24) is 20.5 Å². The molecule has 0 unspecified atom stereocenters. The summed E-state index contributed by atoms with van der Waals surface area (Å²) >= 11 is 0. The largest absolute Gasteiger partial charge is 0.508 e. The van der Waals surface area contributed by atoms with Crippen molar-refractivity contribution in [3.63, 3.8) is 0 Å². The van der Waals surface area contributed by atoms with E-state index >= 15 is 0 Å². The lowest BCUT2D eigenvalue weighted by Gasteiger charge is -2.30. The summed E-state index contributed by atoms with van der Waals surface area (Å²) in [5.41, 5.74) is 0.608. The normalized spacial score (nSPS) is 16.3. The molecule has 0 amide bonds. The molecule has 1 aromatic carbocycles. The number of nitrogens with zero attached hydrogens (tertiary/aromatic N) is 3. The van der Waals surface area contributed by atoms with Crippen molar-refractivity contribution < 1.29 is 10.2 Å². The van der Waals surface area contributed by atoms with Crippen LogP contribution in [0.1, 0.15) is 12.8 Å². The fourth-order valence-corrected chi connectivity index (χ4v) is 2.62. The maximum Gasteiger partial charge on any atom is 0.245 e. The van der Waals surface area contributed by atoms with Crippen LogP contribution in [0.3, 0.4) is 0 Å². The van der Waals surface area contributed by atoms with Gasteiger partial charge < -0.3 is 20.4 Å². The van der Waals surface area contributed by atoms with Crippen molar-refractivity contribution in [2.24, 2.45) is 0 Å². The van der Waals surface area contributed by atoms with Gasteiger partial charge in [0.15, 0.2) is 5.82 Å². The van der Waals surface area contributed by atoms with Gasteiger partial charge in [0.05, 0.1) is 0 Å². The summed E-state index contributed by atoms with van der Waals surface area (Å²) in [5.74, 6) is 1.19. The summed E-state index contributed by atoms with van der Waals surface area (Å²) in [7, 11) is 1.99. The highest BCUT2D eigenvalue weighted by Gasteiger charge is 2.21. The minimum atomic E-state index is -0.00205. The van der Waals surface area contributed by atoms with E-state index in [2.05, 4.69) is 25.4 Å². The quantitative estimate of drug-likeness (QED) is 0.675. The monoisotopic (exact) mass is 289 g/mol. The molecule has 21 heavy (non-hydrogen) atoms. The third-order valence-corrected chi connectivity index (χ3v) is 3.84. The molecule has 1 aliphatic rings. The van der Waals surface area contributed by atoms with Crippen LogP contribution in [0.15, 0.2) is 18.2 Å². The van der Waals surface area contributed by atoms with Crippen molar-refractivity contribution in [3.05, 3.63) is 18.2 Å². The van der Waals surface area contributed by atoms with Crippen molar-refractivity contribution >= 4 is 5.95 Å². The number of hydrogen-bond donors (Lipinski definition) is 4. The molecule has 0 saturated carbocycles. The zero-order chi connectivity index (χ0) is 14.8. The van der Waals surface area contributed by atoms with Crippen LogP contribution in [0.2, 0.25) is 0 Å². The molecule has 1 aromatic heterocycles. The van der Waals surface area contributed by atoms with E-state index < -0.39 is 0 Å². The molecule has 112 valence electrons. The van der Waals surface area contributed by atoms with Crippen LogP contribution < -0.4 is 10.2 Å². The van der Waals surface area contributed by atoms with Crippen molar-refractivity contribution in [2.75, 3.05) is 25.0 Å². The number of rotatable bonds is 3. The van der Waals surface area contributed by atoms with Gasteiger partial charge in [0, 0.05) is 30.8 Å². The first-order valence-electron chi connectivity index (χ1n) is 7.03. The predicted molar refractivity (Wildman–Crippen MR) is 79.4 cm³/mol. The van der Waals surface area contributed by atoms with E-state index in [1.807, 2.05) is 7.05 Å². The minimum Gasteiger partial charge on any atom is -0.508 e. The summed E-state index contributed by atoms with van der Waals surface area (Å²) in [6.07, 6.45) is 2.13. The van der Waals surface area contributed by atoms with Crippen molar-refractivity contribution in [3.8, 4) is 22.9 Å². The standard InChI is InChI=1S/C14H19N5O2/c1-15-10-2-4-19(5-3-10)14-16-13(17-18-14)9-6-11(20)8-12(21)7-9/h6-8,10,15,20-21H,2-5H2,1H3,(H,16,17,18). The maximum atomic E-state index is 9.53. The Labute approximate surface area is 122 Å². The second kappa shape index (κ2) is 5.61. The smallest absolute Gasteiger partial charge is 0.245 e. The topological polar surface area (TPSA) is 97.3 Å². The van der Waals surface area contributed by atoms with Crippen LogP contribution >= 0.6 is 0 Å². The minimum absolute atomic E-state index is 0.00205. The first-order valence-corrected chi connectivity index (χ1v) is 7.03. The maximum absolute atomic E-state index is 9.53. The van der Waals surface area contributed by atoms with Crippen LogP contribution in [0, 0.1) is 0 Å². The number of nitrogens with one attached hydrogen (secondary N) is 2. The Morgan fingerprint density at radius 2 is 1.86 bits per heavy atom. The van der Waals surface area contributed by atoms with Gasteiger partial charge in [-0.1, -0.05) is 0 Å².